The van der Waals surface area contributed by atoms with Crippen LogP contribution in [0, 0.1) is 5.92 Å². The Hall–Kier alpha value is -1.75. The average molecular weight is 405 g/mol. The van der Waals surface area contributed by atoms with Crippen molar-refractivity contribution in [3.63, 3.8) is 0 Å². The van der Waals surface area contributed by atoms with Crippen LogP contribution in [0.5, 0.6) is 5.75 Å². The van der Waals surface area contributed by atoms with E-state index in [2.05, 4.69) is 10.1 Å². The molecule has 142 valence electrons. The highest BCUT2D eigenvalue weighted by atomic mass is 35.5. The molecule has 1 unspecified atom stereocenters. The summed E-state index contributed by atoms with van der Waals surface area (Å²) in [6.45, 7) is 3.78. The lowest BCUT2D eigenvalue weighted by atomic mass is 9.86. The van der Waals surface area contributed by atoms with Gasteiger partial charge in [-0.3, -0.25) is 4.90 Å². The number of para-hydroxylation sites is 1. The Balaban J connectivity index is 1.38. The number of oxime groups is 1. The number of rotatable bonds is 6. The Labute approximate surface area is 169 Å². The van der Waals surface area contributed by atoms with Gasteiger partial charge in [-0.1, -0.05) is 46.6 Å². The van der Waals surface area contributed by atoms with E-state index in [-0.39, 0.29) is 6.10 Å². The van der Waals surface area contributed by atoms with Crippen molar-refractivity contribution in [1.82, 2.24) is 4.90 Å². The highest BCUT2D eigenvalue weighted by Gasteiger charge is 2.35. The van der Waals surface area contributed by atoms with Crippen molar-refractivity contribution in [1.29, 1.82) is 0 Å². The Bertz CT molecular complexity index is 820. The number of piperidine rings is 3. The third-order valence-electron chi connectivity index (χ3n) is 5.28. The molecular weight excluding hydrogens is 383 g/mol. The first-order valence-corrected chi connectivity index (χ1v) is 10.0. The lowest BCUT2D eigenvalue weighted by Crippen LogP contribution is -2.50. The maximum atomic E-state index is 6.07. The molecule has 27 heavy (non-hydrogen) atoms. The molecule has 0 saturated carbocycles. The zero-order chi connectivity index (χ0) is 18.6. The van der Waals surface area contributed by atoms with E-state index >= 15 is 0 Å². The zero-order valence-corrected chi connectivity index (χ0v) is 16.5. The third kappa shape index (κ3) is 4.57. The molecule has 0 amide bonds. The van der Waals surface area contributed by atoms with E-state index in [0.29, 0.717) is 22.6 Å². The molecular formula is C21H22Cl2N2O2. The van der Waals surface area contributed by atoms with Crippen LogP contribution in [-0.2, 0) is 11.4 Å². The average Bonchev–Trinajstić information content (AvgIpc) is 2.71. The number of hydrogen-bond acceptors (Lipinski definition) is 4. The van der Waals surface area contributed by atoms with Crippen LogP contribution in [0.2, 0.25) is 10.0 Å². The summed E-state index contributed by atoms with van der Waals surface area (Å²) in [5, 5.41) is 5.32. The zero-order valence-electron chi connectivity index (χ0n) is 15.0. The van der Waals surface area contributed by atoms with Gasteiger partial charge in [-0.2, -0.15) is 0 Å². The number of nitrogens with zero attached hydrogens (tertiary/aromatic N) is 2. The molecule has 3 saturated heterocycles. The minimum atomic E-state index is 0.202. The van der Waals surface area contributed by atoms with E-state index in [1.54, 1.807) is 12.3 Å². The van der Waals surface area contributed by atoms with Gasteiger partial charge in [-0.05, 0) is 55.8 Å². The summed E-state index contributed by atoms with van der Waals surface area (Å²) in [6, 6.07) is 13.3. The molecule has 6 heteroatoms. The minimum absolute atomic E-state index is 0.202. The predicted molar refractivity (Wildman–Crippen MR) is 109 cm³/mol. The fourth-order valence-corrected chi connectivity index (χ4v) is 4.03. The van der Waals surface area contributed by atoms with Crippen LogP contribution in [0.15, 0.2) is 47.6 Å². The van der Waals surface area contributed by atoms with Crippen molar-refractivity contribution in [2.45, 2.75) is 25.6 Å². The molecule has 3 aliphatic rings. The minimum Gasteiger partial charge on any atom is -0.488 e. The molecule has 3 fully saturated rings. The van der Waals surface area contributed by atoms with Gasteiger partial charge in [0.2, 0.25) is 0 Å². The van der Waals surface area contributed by atoms with Crippen LogP contribution in [0.4, 0.5) is 0 Å². The predicted octanol–water partition coefficient (Wildman–Crippen LogP) is 5.02. The summed E-state index contributed by atoms with van der Waals surface area (Å²) in [7, 11) is 0. The second-order valence-electron chi connectivity index (χ2n) is 7.09. The molecule has 2 aromatic carbocycles. The quantitative estimate of drug-likeness (QED) is 0.500. The van der Waals surface area contributed by atoms with Crippen molar-refractivity contribution in [3.05, 3.63) is 63.6 Å². The van der Waals surface area contributed by atoms with Gasteiger partial charge in [0.05, 0.1) is 16.3 Å². The Morgan fingerprint density at radius 1 is 1.07 bits per heavy atom. The monoisotopic (exact) mass is 404 g/mol. The molecule has 5 rings (SSSR count). The number of halogens is 2. The van der Waals surface area contributed by atoms with E-state index in [9.17, 15) is 0 Å². The summed E-state index contributed by atoms with van der Waals surface area (Å²) in [4.78, 5) is 8.26. The van der Waals surface area contributed by atoms with Crippen LogP contribution < -0.4 is 4.74 Å². The Morgan fingerprint density at radius 3 is 2.63 bits per heavy atom. The number of hydrogen-bond donors (Lipinski definition) is 0. The molecule has 0 spiro atoms. The van der Waals surface area contributed by atoms with E-state index < -0.39 is 0 Å². The van der Waals surface area contributed by atoms with Crippen molar-refractivity contribution in [2.75, 3.05) is 19.6 Å². The molecule has 3 heterocycles. The second-order valence-corrected chi connectivity index (χ2v) is 7.91. The van der Waals surface area contributed by atoms with Crippen LogP contribution in [0.3, 0.4) is 0 Å². The highest BCUT2D eigenvalue weighted by molar-refractivity contribution is 6.42. The molecule has 3 aliphatic heterocycles. The van der Waals surface area contributed by atoms with Gasteiger partial charge in [-0.15, -0.1) is 0 Å². The van der Waals surface area contributed by atoms with E-state index in [1.165, 1.54) is 25.9 Å². The molecule has 0 radical (unpaired) electrons. The molecule has 0 N–H and O–H groups in total. The normalized spacial score (nSPS) is 24.3. The third-order valence-corrected chi connectivity index (χ3v) is 6.02. The first-order chi connectivity index (χ1) is 13.2. The SMILES string of the molecule is Clc1ccc(COc2ccccc2/C=N/OC2CN3CCC2CC3)cc1Cl. The van der Waals surface area contributed by atoms with Crippen LogP contribution in [0.25, 0.3) is 0 Å². The first kappa shape index (κ1) is 18.6. The van der Waals surface area contributed by atoms with Gasteiger partial charge in [-0.25, -0.2) is 0 Å². The maximum Gasteiger partial charge on any atom is 0.143 e. The van der Waals surface area contributed by atoms with Gasteiger partial charge >= 0.3 is 0 Å². The van der Waals surface area contributed by atoms with Crippen molar-refractivity contribution < 1.29 is 9.57 Å². The standard InChI is InChI=1S/C21H22Cl2N2O2/c22-18-6-5-15(11-19(18)23)14-26-20-4-2-1-3-17(20)12-24-27-21-13-25-9-7-16(21)8-10-25/h1-6,11-12,16,21H,7-10,13-14H2/b24-12+. The van der Waals surface area contributed by atoms with Gasteiger partial charge in [0.1, 0.15) is 18.5 Å². The number of ether oxygens (including phenoxy) is 1. The van der Waals surface area contributed by atoms with Crippen LogP contribution in [0.1, 0.15) is 24.0 Å². The van der Waals surface area contributed by atoms with Gasteiger partial charge < -0.3 is 9.57 Å². The molecule has 4 nitrogen and oxygen atoms in total. The molecule has 0 aromatic heterocycles. The summed E-state index contributed by atoms with van der Waals surface area (Å²) >= 11 is 12.0. The first-order valence-electron chi connectivity index (χ1n) is 9.26. The summed E-state index contributed by atoms with van der Waals surface area (Å²) in [5.74, 6) is 1.39. The molecule has 0 aliphatic carbocycles. The van der Waals surface area contributed by atoms with E-state index in [1.807, 2.05) is 36.4 Å². The van der Waals surface area contributed by atoms with Crippen LogP contribution >= 0.6 is 23.2 Å². The van der Waals surface area contributed by atoms with Gasteiger partial charge in [0.25, 0.3) is 0 Å². The fourth-order valence-electron chi connectivity index (χ4n) is 3.70. The molecule has 1 atom stereocenters. The van der Waals surface area contributed by atoms with Gasteiger partial charge in [0.15, 0.2) is 0 Å². The summed E-state index contributed by atoms with van der Waals surface area (Å²) < 4.78 is 5.95. The maximum absolute atomic E-state index is 6.07. The molecule has 2 aromatic rings. The molecule has 2 bridgehead atoms. The van der Waals surface area contributed by atoms with E-state index in [0.717, 1.165) is 23.4 Å². The lowest BCUT2D eigenvalue weighted by Gasteiger charge is -2.42. The van der Waals surface area contributed by atoms with Crippen molar-refractivity contribution >= 4 is 29.4 Å². The lowest BCUT2D eigenvalue weighted by molar-refractivity contribution is -0.0675. The largest absolute Gasteiger partial charge is 0.488 e. The summed E-state index contributed by atoms with van der Waals surface area (Å²) in [6.07, 6.45) is 4.36. The smallest absolute Gasteiger partial charge is 0.143 e. The fraction of sp³-hybridized carbons (Fsp3) is 0.381. The number of benzene rings is 2. The Kier molecular flexibility index (Phi) is 5.86. The van der Waals surface area contributed by atoms with E-state index in [4.69, 9.17) is 32.8 Å². The topological polar surface area (TPSA) is 34.1 Å². The Morgan fingerprint density at radius 2 is 1.89 bits per heavy atom. The van der Waals surface area contributed by atoms with Crippen LogP contribution in [-0.4, -0.2) is 36.9 Å². The summed E-state index contributed by atoms with van der Waals surface area (Å²) in [5.41, 5.74) is 1.85. The highest BCUT2D eigenvalue weighted by Crippen LogP contribution is 2.29. The van der Waals surface area contributed by atoms with Gasteiger partial charge in [0, 0.05) is 18.0 Å². The van der Waals surface area contributed by atoms with Crippen molar-refractivity contribution in [3.8, 4) is 5.75 Å². The second kappa shape index (κ2) is 8.51. The number of fused-ring (bicyclic) bond motifs is 3. The van der Waals surface area contributed by atoms with Crippen molar-refractivity contribution in [2.24, 2.45) is 11.1 Å².